The molecule has 0 spiro atoms. The van der Waals surface area contributed by atoms with Crippen LogP contribution in [0.1, 0.15) is 12.8 Å². The number of amides is 1. The van der Waals surface area contributed by atoms with Crippen molar-refractivity contribution >= 4 is 17.6 Å². The summed E-state index contributed by atoms with van der Waals surface area (Å²) in [7, 11) is 0. The van der Waals surface area contributed by atoms with Crippen molar-refractivity contribution in [2.45, 2.75) is 12.8 Å². The zero-order valence-electron chi connectivity index (χ0n) is 9.02. The lowest BCUT2D eigenvalue weighted by molar-refractivity contribution is -0.151. The number of carboxylic acids is 1. The minimum absolute atomic E-state index is 0.353. The Hall–Kier alpha value is -1.91. The zero-order valence-corrected chi connectivity index (χ0v) is 9.02. The highest BCUT2D eigenvalue weighted by Crippen LogP contribution is 2.35. The first kappa shape index (κ1) is 11.6. The predicted octanol–water partition coefficient (Wildman–Crippen LogP) is 1.88. The van der Waals surface area contributed by atoms with Gasteiger partial charge < -0.3 is 10.4 Å². The molecule has 0 radical (unpaired) electrons. The lowest BCUT2D eigenvalue weighted by atomic mass is 9.73. The van der Waals surface area contributed by atoms with E-state index in [1.54, 1.807) is 6.07 Å². The number of carbonyl (C=O) groups excluding carboxylic acids is 1. The lowest BCUT2D eigenvalue weighted by Gasteiger charge is -2.31. The number of hydrogen-bond donors (Lipinski definition) is 2. The SMILES string of the molecule is O=C(O)C1CCC1C(=O)Nc1cccc(F)c1. The van der Waals surface area contributed by atoms with E-state index in [1.165, 1.54) is 18.2 Å². The van der Waals surface area contributed by atoms with Gasteiger partial charge in [0.2, 0.25) is 5.91 Å². The summed E-state index contributed by atoms with van der Waals surface area (Å²) in [4.78, 5) is 22.5. The number of anilines is 1. The van der Waals surface area contributed by atoms with Crippen LogP contribution in [0.15, 0.2) is 24.3 Å². The minimum atomic E-state index is -0.948. The molecule has 0 saturated heterocycles. The van der Waals surface area contributed by atoms with E-state index >= 15 is 0 Å². The highest BCUT2D eigenvalue weighted by Gasteiger charge is 2.41. The van der Waals surface area contributed by atoms with Gasteiger partial charge in [-0.3, -0.25) is 9.59 Å². The van der Waals surface area contributed by atoms with E-state index < -0.39 is 23.6 Å². The summed E-state index contributed by atoms with van der Waals surface area (Å²) < 4.78 is 12.9. The Labute approximate surface area is 97.4 Å². The van der Waals surface area contributed by atoms with E-state index in [0.717, 1.165) is 0 Å². The monoisotopic (exact) mass is 237 g/mol. The van der Waals surface area contributed by atoms with Crippen molar-refractivity contribution in [1.29, 1.82) is 0 Å². The van der Waals surface area contributed by atoms with Crippen molar-refractivity contribution < 1.29 is 19.1 Å². The van der Waals surface area contributed by atoms with Crippen molar-refractivity contribution in [3.8, 4) is 0 Å². The quantitative estimate of drug-likeness (QED) is 0.843. The Balaban J connectivity index is 2.00. The molecule has 1 saturated carbocycles. The topological polar surface area (TPSA) is 66.4 Å². The fourth-order valence-electron chi connectivity index (χ4n) is 1.91. The van der Waals surface area contributed by atoms with Crippen LogP contribution in [0.3, 0.4) is 0 Å². The van der Waals surface area contributed by atoms with Gasteiger partial charge in [0.25, 0.3) is 0 Å². The number of hydrogen-bond acceptors (Lipinski definition) is 2. The molecule has 1 aromatic carbocycles. The van der Waals surface area contributed by atoms with Gasteiger partial charge in [0.1, 0.15) is 5.82 Å². The second-order valence-corrected chi connectivity index (χ2v) is 4.13. The third kappa shape index (κ3) is 2.43. The van der Waals surface area contributed by atoms with Gasteiger partial charge in [0.05, 0.1) is 11.8 Å². The van der Waals surface area contributed by atoms with E-state index in [0.29, 0.717) is 18.5 Å². The number of carbonyl (C=O) groups is 2. The Morgan fingerprint density at radius 3 is 2.53 bits per heavy atom. The van der Waals surface area contributed by atoms with Gasteiger partial charge in [-0.2, -0.15) is 0 Å². The number of benzene rings is 1. The van der Waals surface area contributed by atoms with Crippen LogP contribution in [0.4, 0.5) is 10.1 Å². The van der Waals surface area contributed by atoms with Crippen molar-refractivity contribution in [3.05, 3.63) is 30.1 Å². The average molecular weight is 237 g/mol. The molecule has 2 N–H and O–H groups in total. The predicted molar refractivity (Wildman–Crippen MR) is 58.9 cm³/mol. The summed E-state index contributed by atoms with van der Waals surface area (Å²) in [6.07, 6.45) is 1.09. The molecule has 0 aromatic heterocycles. The third-order valence-corrected chi connectivity index (χ3v) is 3.02. The van der Waals surface area contributed by atoms with Crippen LogP contribution in [0.25, 0.3) is 0 Å². The normalized spacial score (nSPS) is 22.6. The van der Waals surface area contributed by atoms with Gasteiger partial charge in [0, 0.05) is 5.69 Å². The van der Waals surface area contributed by atoms with Gasteiger partial charge in [-0.1, -0.05) is 6.07 Å². The molecule has 0 heterocycles. The van der Waals surface area contributed by atoms with Crippen LogP contribution in [-0.2, 0) is 9.59 Å². The third-order valence-electron chi connectivity index (χ3n) is 3.02. The molecule has 1 aliphatic rings. The molecule has 0 aliphatic heterocycles. The van der Waals surface area contributed by atoms with Crippen molar-refractivity contribution in [2.75, 3.05) is 5.32 Å². The standard InChI is InChI=1S/C12H12FNO3/c13-7-2-1-3-8(6-7)14-11(15)9-4-5-10(9)12(16)17/h1-3,6,9-10H,4-5H2,(H,14,15)(H,16,17). The largest absolute Gasteiger partial charge is 0.481 e. The van der Waals surface area contributed by atoms with Gasteiger partial charge in [0.15, 0.2) is 0 Å². The maximum absolute atomic E-state index is 12.9. The highest BCUT2D eigenvalue weighted by molar-refractivity contribution is 5.96. The molecule has 1 aromatic rings. The van der Waals surface area contributed by atoms with E-state index in [4.69, 9.17) is 5.11 Å². The Morgan fingerprint density at radius 2 is 2.00 bits per heavy atom. The average Bonchev–Trinajstić information content (AvgIpc) is 2.13. The van der Waals surface area contributed by atoms with E-state index in [2.05, 4.69) is 5.32 Å². The van der Waals surface area contributed by atoms with E-state index in [1.807, 2.05) is 0 Å². The maximum atomic E-state index is 12.9. The summed E-state index contributed by atoms with van der Waals surface area (Å²) in [6, 6.07) is 5.53. The van der Waals surface area contributed by atoms with Crippen molar-refractivity contribution in [3.63, 3.8) is 0 Å². The van der Waals surface area contributed by atoms with Crippen LogP contribution in [0, 0.1) is 17.7 Å². The van der Waals surface area contributed by atoms with Gasteiger partial charge in [-0.15, -0.1) is 0 Å². The maximum Gasteiger partial charge on any atom is 0.307 e. The van der Waals surface area contributed by atoms with Crippen LogP contribution < -0.4 is 5.32 Å². The fraction of sp³-hybridized carbons (Fsp3) is 0.333. The number of rotatable bonds is 3. The molecule has 2 atom stereocenters. The Bertz CT molecular complexity index is 461. The fourth-order valence-corrected chi connectivity index (χ4v) is 1.91. The van der Waals surface area contributed by atoms with Crippen LogP contribution in [0.5, 0.6) is 0 Å². The molecular weight excluding hydrogens is 225 g/mol. The number of halogens is 1. The van der Waals surface area contributed by atoms with Crippen LogP contribution in [-0.4, -0.2) is 17.0 Å². The minimum Gasteiger partial charge on any atom is -0.481 e. The number of aliphatic carboxylic acids is 1. The molecule has 0 bridgehead atoms. The smallest absolute Gasteiger partial charge is 0.307 e. The summed E-state index contributed by atoms with van der Waals surface area (Å²) in [5.41, 5.74) is 0.353. The summed E-state index contributed by atoms with van der Waals surface area (Å²) in [6.45, 7) is 0. The van der Waals surface area contributed by atoms with Crippen LogP contribution >= 0.6 is 0 Å². The zero-order chi connectivity index (χ0) is 12.4. The van der Waals surface area contributed by atoms with Crippen molar-refractivity contribution in [1.82, 2.24) is 0 Å². The van der Waals surface area contributed by atoms with Gasteiger partial charge in [-0.05, 0) is 31.0 Å². The van der Waals surface area contributed by atoms with Crippen molar-refractivity contribution in [2.24, 2.45) is 11.8 Å². The lowest BCUT2D eigenvalue weighted by Crippen LogP contribution is -2.41. The van der Waals surface area contributed by atoms with Gasteiger partial charge in [-0.25, -0.2) is 4.39 Å². The molecule has 1 fully saturated rings. The summed E-state index contributed by atoms with van der Waals surface area (Å²) in [5.74, 6) is -2.85. The number of carboxylic acid groups (broad SMARTS) is 1. The second kappa shape index (κ2) is 4.53. The molecule has 1 aliphatic carbocycles. The Morgan fingerprint density at radius 1 is 1.29 bits per heavy atom. The molecule has 1 amide bonds. The first-order valence-corrected chi connectivity index (χ1v) is 5.37. The van der Waals surface area contributed by atoms with E-state index in [-0.39, 0.29) is 5.91 Å². The molecule has 4 nitrogen and oxygen atoms in total. The summed E-state index contributed by atoms with van der Waals surface area (Å²) >= 11 is 0. The number of nitrogens with one attached hydrogen (secondary N) is 1. The molecule has 17 heavy (non-hydrogen) atoms. The molecular formula is C12H12FNO3. The highest BCUT2D eigenvalue weighted by atomic mass is 19.1. The second-order valence-electron chi connectivity index (χ2n) is 4.13. The van der Waals surface area contributed by atoms with Crippen LogP contribution in [0.2, 0.25) is 0 Å². The molecule has 90 valence electrons. The molecule has 2 rings (SSSR count). The Kier molecular flexibility index (Phi) is 3.08. The van der Waals surface area contributed by atoms with Gasteiger partial charge >= 0.3 is 5.97 Å². The first-order valence-electron chi connectivity index (χ1n) is 5.37. The first-order chi connectivity index (χ1) is 8.08. The molecule has 5 heteroatoms. The summed E-state index contributed by atoms with van der Waals surface area (Å²) in [5, 5.41) is 11.4. The van der Waals surface area contributed by atoms with E-state index in [9.17, 15) is 14.0 Å². The molecule has 2 unspecified atom stereocenters.